The fraction of sp³-hybridized carbons (Fsp3) is 0.933. The Labute approximate surface area is 197 Å². The van der Waals surface area contributed by atoms with Crippen molar-refractivity contribution in [3.63, 3.8) is 0 Å². The molecule has 0 amide bonds. The summed E-state index contributed by atoms with van der Waals surface area (Å²) in [7, 11) is 0. The Hall–Kier alpha value is -0.340. The zero-order chi connectivity index (χ0) is 23.3. The number of hydrogen-bond acceptors (Lipinski definition) is 2. The molecule has 32 heavy (non-hydrogen) atoms. The van der Waals surface area contributed by atoms with Crippen LogP contribution in [0.5, 0.6) is 0 Å². The maximum Gasteiger partial charge on any atom is 0.0644 e. The van der Waals surface area contributed by atoms with E-state index in [2.05, 4.69) is 48.5 Å². The quantitative estimate of drug-likeness (QED) is 0.424. The van der Waals surface area contributed by atoms with Crippen LogP contribution in [0.25, 0.3) is 0 Å². The molecule has 2 N–H and O–H groups in total. The van der Waals surface area contributed by atoms with Crippen molar-refractivity contribution in [3.8, 4) is 0 Å². The van der Waals surface area contributed by atoms with E-state index in [0.717, 1.165) is 24.7 Å². The standard InChI is InChI=1S/C30H50O2/c1-19-23(32)8-9-24-27(19,4)13-11-25-28(24,5)14-15-29(6)22-17-26(2,3)12-10-21(22)20(18-31)16-30(25,29)7/h19,22-25,31-32H,8-18H2,1-7H3. The molecule has 0 aromatic heterocycles. The molecule has 0 aromatic rings. The summed E-state index contributed by atoms with van der Waals surface area (Å²) < 4.78 is 0. The lowest BCUT2D eigenvalue weighted by Gasteiger charge is -2.73. The second-order valence-electron chi connectivity index (χ2n) is 14.8. The fourth-order valence-corrected chi connectivity index (χ4v) is 10.9. The van der Waals surface area contributed by atoms with Crippen LogP contribution >= 0.6 is 0 Å². The highest BCUT2D eigenvalue weighted by molar-refractivity contribution is 5.33. The zero-order valence-electron chi connectivity index (χ0n) is 22.1. The largest absolute Gasteiger partial charge is 0.393 e. The molecule has 0 radical (unpaired) electrons. The number of fused-ring (bicyclic) bond motifs is 7. The molecule has 0 aliphatic heterocycles. The minimum Gasteiger partial charge on any atom is -0.393 e. The molecule has 2 heteroatoms. The molecule has 0 aromatic carbocycles. The van der Waals surface area contributed by atoms with E-state index in [0.29, 0.717) is 28.1 Å². The average Bonchev–Trinajstić information content (AvgIpc) is 2.72. The average molecular weight is 443 g/mol. The van der Waals surface area contributed by atoms with Gasteiger partial charge in [0, 0.05) is 0 Å². The molecule has 0 spiro atoms. The second kappa shape index (κ2) is 7.09. The van der Waals surface area contributed by atoms with Gasteiger partial charge in [0.1, 0.15) is 0 Å². The topological polar surface area (TPSA) is 40.5 Å². The van der Waals surface area contributed by atoms with Gasteiger partial charge in [0.2, 0.25) is 0 Å². The van der Waals surface area contributed by atoms with Gasteiger partial charge in [-0.1, -0.05) is 54.0 Å². The smallest absolute Gasteiger partial charge is 0.0644 e. The molecular weight excluding hydrogens is 392 g/mol. The van der Waals surface area contributed by atoms with Gasteiger partial charge < -0.3 is 10.2 Å². The Bertz CT molecular complexity index is 812. The van der Waals surface area contributed by atoms with Gasteiger partial charge >= 0.3 is 0 Å². The third-order valence-electron chi connectivity index (χ3n) is 13.2. The van der Waals surface area contributed by atoms with E-state index in [1.807, 2.05) is 0 Å². The third-order valence-corrected chi connectivity index (χ3v) is 13.2. The van der Waals surface area contributed by atoms with Crippen LogP contribution in [0, 0.1) is 50.7 Å². The first-order valence-corrected chi connectivity index (χ1v) is 13.8. The highest BCUT2D eigenvalue weighted by Crippen LogP contribution is 2.76. The van der Waals surface area contributed by atoms with E-state index >= 15 is 0 Å². The van der Waals surface area contributed by atoms with Gasteiger partial charge in [0.15, 0.2) is 0 Å². The van der Waals surface area contributed by atoms with E-state index in [1.165, 1.54) is 56.9 Å². The molecule has 9 unspecified atom stereocenters. The Balaban J connectivity index is 1.59. The van der Waals surface area contributed by atoms with Crippen molar-refractivity contribution in [2.45, 2.75) is 119 Å². The van der Waals surface area contributed by atoms with Crippen LogP contribution in [0.4, 0.5) is 0 Å². The minimum absolute atomic E-state index is 0.119. The Morgan fingerprint density at radius 2 is 1.53 bits per heavy atom. The van der Waals surface area contributed by atoms with Crippen molar-refractivity contribution in [3.05, 3.63) is 11.1 Å². The van der Waals surface area contributed by atoms with Crippen molar-refractivity contribution >= 4 is 0 Å². The van der Waals surface area contributed by atoms with Crippen molar-refractivity contribution < 1.29 is 10.2 Å². The maximum absolute atomic E-state index is 10.8. The lowest BCUT2D eigenvalue weighted by atomic mass is 9.32. The van der Waals surface area contributed by atoms with Crippen LogP contribution in [0.15, 0.2) is 11.1 Å². The lowest BCUT2D eigenvalue weighted by Crippen LogP contribution is -2.66. The molecule has 5 rings (SSSR count). The summed E-state index contributed by atoms with van der Waals surface area (Å²) in [5.41, 5.74) is 4.72. The van der Waals surface area contributed by atoms with Crippen molar-refractivity contribution in [2.24, 2.45) is 50.7 Å². The molecule has 0 bridgehead atoms. The van der Waals surface area contributed by atoms with Gasteiger partial charge in [-0.15, -0.1) is 0 Å². The molecule has 4 fully saturated rings. The molecule has 5 aliphatic carbocycles. The molecule has 9 atom stereocenters. The first kappa shape index (κ1) is 23.4. The molecule has 0 heterocycles. The lowest BCUT2D eigenvalue weighted by molar-refractivity contribution is -0.230. The van der Waals surface area contributed by atoms with Crippen molar-refractivity contribution in [1.29, 1.82) is 0 Å². The number of rotatable bonds is 1. The molecule has 2 nitrogen and oxygen atoms in total. The van der Waals surface area contributed by atoms with Gasteiger partial charge in [0.05, 0.1) is 12.7 Å². The second-order valence-corrected chi connectivity index (χ2v) is 14.8. The van der Waals surface area contributed by atoms with Crippen LogP contribution in [0.3, 0.4) is 0 Å². The summed E-state index contributed by atoms with van der Waals surface area (Å²) in [5.74, 6) is 2.50. The summed E-state index contributed by atoms with van der Waals surface area (Å²) in [6, 6.07) is 0. The number of allylic oxidation sites excluding steroid dienone is 1. The molecule has 0 saturated heterocycles. The van der Waals surface area contributed by atoms with E-state index in [-0.39, 0.29) is 23.5 Å². The minimum atomic E-state index is -0.119. The monoisotopic (exact) mass is 442 g/mol. The van der Waals surface area contributed by atoms with E-state index in [9.17, 15) is 10.2 Å². The summed E-state index contributed by atoms with van der Waals surface area (Å²) in [4.78, 5) is 0. The first-order valence-electron chi connectivity index (χ1n) is 13.8. The normalized spacial score (nSPS) is 54.8. The predicted molar refractivity (Wildman–Crippen MR) is 132 cm³/mol. The van der Waals surface area contributed by atoms with Crippen LogP contribution in [0.1, 0.15) is 113 Å². The molecule has 182 valence electrons. The Kier molecular flexibility index (Phi) is 5.19. The third kappa shape index (κ3) is 2.84. The highest BCUT2D eigenvalue weighted by atomic mass is 16.3. The van der Waals surface area contributed by atoms with Gasteiger partial charge in [-0.05, 0) is 121 Å². The Morgan fingerprint density at radius 3 is 2.22 bits per heavy atom. The molecular formula is C30H50O2. The van der Waals surface area contributed by atoms with Crippen LogP contribution in [0.2, 0.25) is 0 Å². The number of aliphatic hydroxyl groups excluding tert-OH is 2. The highest BCUT2D eigenvalue weighted by Gasteiger charge is 2.69. The van der Waals surface area contributed by atoms with E-state index in [1.54, 1.807) is 5.57 Å². The van der Waals surface area contributed by atoms with Gasteiger partial charge in [-0.25, -0.2) is 0 Å². The summed E-state index contributed by atoms with van der Waals surface area (Å²) in [6.45, 7) is 18.0. The van der Waals surface area contributed by atoms with Gasteiger partial charge in [-0.2, -0.15) is 0 Å². The summed E-state index contributed by atoms with van der Waals surface area (Å²) >= 11 is 0. The van der Waals surface area contributed by atoms with Crippen LogP contribution < -0.4 is 0 Å². The van der Waals surface area contributed by atoms with Crippen LogP contribution in [-0.4, -0.2) is 22.9 Å². The van der Waals surface area contributed by atoms with E-state index < -0.39 is 0 Å². The molecule has 4 saturated carbocycles. The SMILES string of the molecule is CC1C(O)CCC2C1(C)CCC1C2(C)CCC2(C)C3CC(C)(C)CCC3=C(CO)CC12C. The predicted octanol–water partition coefficient (Wildman–Crippen LogP) is 7.14. The fourth-order valence-electron chi connectivity index (χ4n) is 10.9. The Morgan fingerprint density at radius 1 is 0.812 bits per heavy atom. The zero-order valence-corrected chi connectivity index (χ0v) is 22.1. The maximum atomic E-state index is 10.8. The molecule has 5 aliphatic rings. The summed E-state index contributed by atoms with van der Waals surface area (Å²) in [6.07, 6.45) is 12.2. The van der Waals surface area contributed by atoms with E-state index in [4.69, 9.17) is 0 Å². The first-order chi connectivity index (χ1) is 14.8. The van der Waals surface area contributed by atoms with Gasteiger partial charge in [0.25, 0.3) is 0 Å². The van der Waals surface area contributed by atoms with Crippen molar-refractivity contribution in [1.82, 2.24) is 0 Å². The number of hydrogen-bond donors (Lipinski definition) is 2. The summed E-state index contributed by atoms with van der Waals surface area (Å²) in [5, 5.41) is 21.3. The van der Waals surface area contributed by atoms with Crippen LogP contribution in [-0.2, 0) is 0 Å². The van der Waals surface area contributed by atoms with Crippen molar-refractivity contribution in [2.75, 3.05) is 6.61 Å². The number of aliphatic hydroxyl groups is 2. The van der Waals surface area contributed by atoms with Gasteiger partial charge in [-0.3, -0.25) is 0 Å².